The molecule has 26 heavy (non-hydrogen) atoms. The van der Waals surface area contributed by atoms with Gasteiger partial charge < -0.3 is 19.5 Å². The van der Waals surface area contributed by atoms with E-state index in [4.69, 9.17) is 21.1 Å². The largest absolute Gasteiger partial charge is 0.497 e. The van der Waals surface area contributed by atoms with Crippen LogP contribution in [-0.4, -0.2) is 32.4 Å². The number of fused-ring (bicyclic) bond motifs is 1. The molecule has 140 valence electrons. The third kappa shape index (κ3) is 3.76. The Balaban J connectivity index is 1.95. The van der Waals surface area contributed by atoms with Crippen LogP contribution in [0.1, 0.15) is 30.9 Å². The van der Waals surface area contributed by atoms with Crippen LogP contribution in [0.15, 0.2) is 36.4 Å². The fourth-order valence-corrected chi connectivity index (χ4v) is 3.82. The molecule has 0 bridgehead atoms. The van der Waals surface area contributed by atoms with Gasteiger partial charge in [-0.2, -0.15) is 0 Å². The number of benzene rings is 2. The normalized spacial score (nSPS) is 18.7. The Hall–Kier alpha value is -1.91. The summed E-state index contributed by atoms with van der Waals surface area (Å²) in [5.41, 5.74) is 1.93. The number of unbranched alkanes of at least 4 members (excludes halogenated alkanes) is 1. The summed E-state index contributed by atoms with van der Waals surface area (Å²) in [4.78, 5) is 2.26. The lowest BCUT2D eigenvalue weighted by molar-refractivity contribution is 0.0538. The molecule has 2 aromatic carbocycles. The van der Waals surface area contributed by atoms with Crippen molar-refractivity contribution in [1.29, 1.82) is 0 Å². The minimum absolute atomic E-state index is 0.469. The molecule has 0 aliphatic carbocycles. The molecule has 1 N–H and O–H groups in total. The lowest BCUT2D eigenvalue weighted by Crippen LogP contribution is -2.35. The zero-order chi connectivity index (χ0) is 18.7. The van der Waals surface area contributed by atoms with Gasteiger partial charge in [-0.05, 0) is 42.3 Å². The molecule has 0 amide bonds. The van der Waals surface area contributed by atoms with E-state index < -0.39 is 5.60 Å². The second kappa shape index (κ2) is 7.77. The van der Waals surface area contributed by atoms with Gasteiger partial charge in [0.2, 0.25) is 0 Å². The van der Waals surface area contributed by atoms with Gasteiger partial charge in [0.15, 0.2) is 0 Å². The van der Waals surface area contributed by atoms with Crippen LogP contribution in [0.5, 0.6) is 11.5 Å². The van der Waals surface area contributed by atoms with E-state index in [0.29, 0.717) is 18.0 Å². The Bertz CT molecular complexity index is 758. The number of ether oxygens (including phenoxy) is 2. The molecule has 4 nitrogen and oxygen atoms in total. The van der Waals surface area contributed by atoms with Crippen molar-refractivity contribution in [2.45, 2.75) is 31.8 Å². The van der Waals surface area contributed by atoms with Crippen molar-refractivity contribution < 1.29 is 14.6 Å². The molecular formula is C21H26ClNO3. The van der Waals surface area contributed by atoms with Crippen LogP contribution in [0.3, 0.4) is 0 Å². The van der Waals surface area contributed by atoms with Crippen molar-refractivity contribution in [3.8, 4) is 11.5 Å². The molecule has 3 rings (SSSR count). The average Bonchev–Trinajstić information content (AvgIpc) is 2.90. The predicted molar refractivity (Wildman–Crippen MR) is 106 cm³/mol. The van der Waals surface area contributed by atoms with Crippen LogP contribution >= 0.6 is 11.6 Å². The quantitative estimate of drug-likeness (QED) is 0.778. The van der Waals surface area contributed by atoms with Crippen LogP contribution < -0.4 is 14.4 Å². The molecule has 0 saturated heterocycles. The van der Waals surface area contributed by atoms with Crippen molar-refractivity contribution in [1.82, 2.24) is 0 Å². The highest BCUT2D eigenvalue weighted by molar-refractivity contribution is 6.30. The van der Waals surface area contributed by atoms with E-state index >= 15 is 0 Å². The zero-order valence-electron chi connectivity index (χ0n) is 15.6. The number of β-amino-alcohol motifs (C(OH)–C–C–N with tert-alkyl or cyclic N) is 1. The Labute approximate surface area is 160 Å². The first kappa shape index (κ1) is 18.9. The van der Waals surface area contributed by atoms with E-state index in [2.05, 4.69) is 11.8 Å². The Kier molecular flexibility index (Phi) is 5.64. The van der Waals surface area contributed by atoms with E-state index in [1.807, 2.05) is 36.4 Å². The molecule has 0 spiro atoms. The molecule has 5 heteroatoms. The Morgan fingerprint density at radius 2 is 1.81 bits per heavy atom. The minimum Gasteiger partial charge on any atom is -0.497 e. The first-order chi connectivity index (χ1) is 12.5. The maximum absolute atomic E-state index is 11.5. The molecule has 0 aromatic heterocycles. The molecule has 1 aliphatic heterocycles. The van der Waals surface area contributed by atoms with Crippen LogP contribution in [0.4, 0.5) is 5.69 Å². The summed E-state index contributed by atoms with van der Waals surface area (Å²) in [7, 11) is 3.26. The number of anilines is 1. The Morgan fingerprint density at radius 3 is 2.42 bits per heavy atom. The van der Waals surface area contributed by atoms with Crippen molar-refractivity contribution >= 4 is 17.3 Å². The number of rotatable bonds is 7. The van der Waals surface area contributed by atoms with Crippen LogP contribution in [0, 0.1) is 0 Å². The summed E-state index contributed by atoms with van der Waals surface area (Å²) in [6.45, 7) is 3.66. The monoisotopic (exact) mass is 375 g/mol. The lowest BCUT2D eigenvalue weighted by atomic mass is 9.89. The third-order valence-electron chi connectivity index (χ3n) is 4.94. The lowest BCUT2D eigenvalue weighted by Gasteiger charge is -2.26. The molecule has 1 unspecified atom stereocenters. The molecule has 1 atom stereocenters. The van der Waals surface area contributed by atoms with E-state index in [1.165, 1.54) is 0 Å². The van der Waals surface area contributed by atoms with Gasteiger partial charge in [-0.1, -0.05) is 24.9 Å². The number of hydrogen-bond donors (Lipinski definition) is 1. The van der Waals surface area contributed by atoms with Gasteiger partial charge in [0.25, 0.3) is 0 Å². The summed E-state index contributed by atoms with van der Waals surface area (Å²) in [5, 5.41) is 12.2. The first-order valence-electron chi connectivity index (χ1n) is 8.98. The van der Waals surface area contributed by atoms with Gasteiger partial charge in [0.1, 0.15) is 17.1 Å². The highest BCUT2D eigenvalue weighted by Crippen LogP contribution is 2.43. The zero-order valence-corrected chi connectivity index (χ0v) is 16.3. The molecule has 0 radical (unpaired) electrons. The fourth-order valence-electron chi connectivity index (χ4n) is 3.65. The highest BCUT2D eigenvalue weighted by atomic mass is 35.5. The van der Waals surface area contributed by atoms with Gasteiger partial charge in [-0.25, -0.2) is 0 Å². The number of hydrogen-bond acceptors (Lipinski definition) is 4. The smallest absolute Gasteiger partial charge is 0.122 e. The number of aliphatic hydroxyl groups is 1. The van der Waals surface area contributed by atoms with Crippen molar-refractivity contribution in [3.63, 3.8) is 0 Å². The van der Waals surface area contributed by atoms with Crippen LogP contribution in [0.2, 0.25) is 5.02 Å². The summed E-state index contributed by atoms with van der Waals surface area (Å²) in [5.74, 6) is 1.44. The maximum Gasteiger partial charge on any atom is 0.122 e. The summed E-state index contributed by atoms with van der Waals surface area (Å²) in [6.07, 6.45) is 2.67. The van der Waals surface area contributed by atoms with E-state index in [9.17, 15) is 5.11 Å². The molecule has 2 aromatic rings. The predicted octanol–water partition coefficient (Wildman–Crippen LogP) is 4.41. The molecule has 0 fully saturated rings. The van der Waals surface area contributed by atoms with Gasteiger partial charge in [-0.3, -0.25) is 0 Å². The van der Waals surface area contributed by atoms with Crippen molar-refractivity contribution in [3.05, 3.63) is 52.5 Å². The Morgan fingerprint density at radius 1 is 1.12 bits per heavy atom. The highest BCUT2D eigenvalue weighted by Gasteiger charge is 2.41. The summed E-state index contributed by atoms with van der Waals surface area (Å²) >= 11 is 6.23. The average molecular weight is 376 g/mol. The van der Waals surface area contributed by atoms with E-state index in [1.54, 1.807) is 14.2 Å². The van der Waals surface area contributed by atoms with Gasteiger partial charge in [0.05, 0.1) is 20.8 Å². The SMILES string of the molecule is CCCCN1CC(O)(Cc2cc(OC)cc(OC)c2)c2cc(Cl)ccc21. The van der Waals surface area contributed by atoms with Gasteiger partial charge >= 0.3 is 0 Å². The summed E-state index contributed by atoms with van der Waals surface area (Å²) in [6, 6.07) is 11.5. The molecular weight excluding hydrogens is 350 g/mol. The maximum atomic E-state index is 11.5. The molecule has 1 heterocycles. The van der Waals surface area contributed by atoms with Crippen LogP contribution in [0.25, 0.3) is 0 Å². The number of halogens is 1. The number of methoxy groups -OCH3 is 2. The molecule has 1 aliphatic rings. The van der Waals surface area contributed by atoms with Gasteiger partial charge in [0, 0.05) is 35.3 Å². The third-order valence-corrected chi connectivity index (χ3v) is 5.18. The second-order valence-corrected chi connectivity index (χ2v) is 7.30. The topological polar surface area (TPSA) is 41.9 Å². The standard InChI is InChI=1S/C21H26ClNO3/c1-4-5-8-23-14-21(24,19-11-16(22)6-7-20(19)23)13-15-9-17(25-2)12-18(10-15)26-3/h6-7,9-12,24H,4-5,8,13-14H2,1-3H3. The number of nitrogens with zero attached hydrogens (tertiary/aromatic N) is 1. The summed E-state index contributed by atoms with van der Waals surface area (Å²) < 4.78 is 10.7. The van der Waals surface area contributed by atoms with Crippen molar-refractivity contribution in [2.24, 2.45) is 0 Å². The van der Waals surface area contributed by atoms with Crippen molar-refractivity contribution in [2.75, 3.05) is 32.2 Å². The van der Waals surface area contributed by atoms with E-state index in [-0.39, 0.29) is 0 Å². The second-order valence-electron chi connectivity index (χ2n) is 6.87. The fraction of sp³-hybridized carbons (Fsp3) is 0.429. The van der Waals surface area contributed by atoms with E-state index in [0.717, 1.165) is 47.7 Å². The van der Waals surface area contributed by atoms with Gasteiger partial charge in [-0.15, -0.1) is 0 Å². The minimum atomic E-state index is -0.995. The molecule has 0 saturated carbocycles. The first-order valence-corrected chi connectivity index (χ1v) is 9.36. The van der Waals surface area contributed by atoms with Crippen LogP contribution in [-0.2, 0) is 12.0 Å².